The Morgan fingerprint density at radius 3 is 2.57 bits per heavy atom. The van der Waals surface area contributed by atoms with Crippen molar-refractivity contribution >= 4 is 28.6 Å². The summed E-state index contributed by atoms with van der Waals surface area (Å²) in [5, 5.41) is 0. The molecule has 0 rings (SSSR count). The second-order valence-corrected chi connectivity index (χ2v) is 5.20. The van der Waals surface area contributed by atoms with E-state index in [-0.39, 0.29) is 5.97 Å². The molecule has 0 aromatic carbocycles. The van der Waals surface area contributed by atoms with E-state index in [9.17, 15) is 4.79 Å². The van der Waals surface area contributed by atoms with Crippen molar-refractivity contribution in [1.29, 1.82) is 0 Å². The van der Waals surface area contributed by atoms with E-state index in [0.29, 0.717) is 17.0 Å². The van der Waals surface area contributed by atoms with Crippen LogP contribution in [0.1, 0.15) is 52.4 Å². The van der Waals surface area contributed by atoms with Gasteiger partial charge in [0, 0.05) is 10.3 Å². The summed E-state index contributed by atoms with van der Waals surface area (Å²) >= 11 is 2.44. The van der Waals surface area contributed by atoms with Crippen molar-refractivity contribution in [2.75, 3.05) is 6.61 Å². The Labute approximate surface area is 101 Å². The lowest BCUT2D eigenvalue weighted by Crippen LogP contribution is -2.07. The number of ether oxygens (including phenoxy) is 1. The number of halogens is 1. The Bertz CT molecular complexity index is 148. The van der Waals surface area contributed by atoms with Gasteiger partial charge in [-0.1, -0.05) is 48.8 Å². The molecule has 0 heterocycles. The molecule has 0 aromatic rings. The van der Waals surface area contributed by atoms with Crippen LogP contribution in [0.15, 0.2) is 0 Å². The van der Waals surface area contributed by atoms with E-state index in [2.05, 4.69) is 29.5 Å². The van der Waals surface area contributed by atoms with Crippen LogP contribution in [0.5, 0.6) is 0 Å². The molecule has 1 atom stereocenters. The first-order valence-corrected chi connectivity index (χ1v) is 6.75. The molecule has 0 N–H and O–H groups in total. The largest absolute Gasteiger partial charge is 0.466 e. The number of unbranched alkanes of at least 4 members (excludes halogenated alkanes) is 2. The highest BCUT2D eigenvalue weighted by Crippen LogP contribution is 2.17. The van der Waals surface area contributed by atoms with Crippen molar-refractivity contribution in [3.63, 3.8) is 0 Å². The monoisotopic (exact) mass is 312 g/mol. The van der Waals surface area contributed by atoms with Gasteiger partial charge < -0.3 is 4.74 Å². The van der Waals surface area contributed by atoms with Crippen molar-refractivity contribution in [1.82, 2.24) is 0 Å². The molecule has 14 heavy (non-hydrogen) atoms. The third-order valence-corrected chi connectivity index (χ3v) is 3.33. The van der Waals surface area contributed by atoms with Crippen LogP contribution in [0, 0.1) is 0 Å². The standard InChI is InChI=1S/C11H21IO2/c1-3-5-6-7-10(12)8-9-11(13)14-4-2/h10H,3-9H2,1-2H3. The molecule has 2 nitrogen and oxygen atoms in total. The van der Waals surface area contributed by atoms with Crippen LogP contribution in [-0.4, -0.2) is 16.5 Å². The van der Waals surface area contributed by atoms with E-state index < -0.39 is 0 Å². The van der Waals surface area contributed by atoms with Crippen molar-refractivity contribution in [3.05, 3.63) is 0 Å². The minimum Gasteiger partial charge on any atom is -0.466 e. The number of carbonyl (C=O) groups is 1. The number of carbonyl (C=O) groups excluding carboxylic acids is 1. The molecule has 84 valence electrons. The van der Waals surface area contributed by atoms with Crippen molar-refractivity contribution in [3.8, 4) is 0 Å². The van der Waals surface area contributed by atoms with Gasteiger partial charge in [0.2, 0.25) is 0 Å². The average Bonchev–Trinajstić information content (AvgIpc) is 2.16. The molecule has 0 aliphatic rings. The van der Waals surface area contributed by atoms with Gasteiger partial charge in [0.15, 0.2) is 0 Å². The fourth-order valence-corrected chi connectivity index (χ4v) is 2.02. The third kappa shape index (κ3) is 8.78. The minimum atomic E-state index is -0.0512. The molecular weight excluding hydrogens is 291 g/mol. The van der Waals surface area contributed by atoms with Crippen LogP contribution in [0.25, 0.3) is 0 Å². The van der Waals surface area contributed by atoms with Gasteiger partial charge >= 0.3 is 5.97 Å². The normalized spacial score (nSPS) is 12.5. The van der Waals surface area contributed by atoms with Crippen LogP contribution in [0.3, 0.4) is 0 Å². The summed E-state index contributed by atoms with van der Waals surface area (Å²) in [7, 11) is 0. The highest BCUT2D eigenvalue weighted by molar-refractivity contribution is 14.1. The van der Waals surface area contributed by atoms with Gasteiger partial charge in [-0.2, -0.15) is 0 Å². The molecule has 0 amide bonds. The molecule has 0 aromatic heterocycles. The topological polar surface area (TPSA) is 26.3 Å². The molecule has 3 heteroatoms. The van der Waals surface area contributed by atoms with E-state index in [1.807, 2.05) is 6.92 Å². The first-order valence-electron chi connectivity index (χ1n) is 5.50. The summed E-state index contributed by atoms with van der Waals surface area (Å²) < 4.78 is 5.50. The van der Waals surface area contributed by atoms with Gasteiger partial charge in [-0.05, 0) is 19.8 Å². The fourth-order valence-electron chi connectivity index (χ4n) is 1.27. The van der Waals surface area contributed by atoms with Crippen molar-refractivity contribution in [2.45, 2.75) is 56.3 Å². The maximum absolute atomic E-state index is 11.1. The Morgan fingerprint density at radius 1 is 1.29 bits per heavy atom. The average molecular weight is 312 g/mol. The summed E-state index contributed by atoms with van der Waals surface area (Å²) in [4.78, 5) is 11.1. The predicted molar refractivity (Wildman–Crippen MR) is 67.8 cm³/mol. The first kappa shape index (κ1) is 14.2. The van der Waals surface area contributed by atoms with Gasteiger partial charge in [-0.25, -0.2) is 0 Å². The third-order valence-electron chi connectivity index (χ3n) is 2.09. The maximum atomic E-state index is 11.1. The zero-order valence-corrected chi connectivity index (χ0v) is 11.4. The van der Waals surface area contributed by atoms with E-state index in [4.69, 9.17) is 4.74 Å². The Hall–Kier alpha value is 0.200. The van der Waals surface area contributed by atoms with Gasteiger partial charge in [0.25, 0.3) is 0 Å². The van der Waals surface area contributed by atoms with Gasteiger partial charge in [0.05, 0.1) is 6.61 Å². The predicted octanol–water partition coefficient (Wildman–Crippen LogP) is 3.71. The molecule has 0 aliphatic carbocycles. The Kier molecular flexibility index (Phi) is 9.88. The molecule has 0 bridgehead atoms. The minimum absolute atomic E-state index is 0.0512. The van der Waals surface area contributed by atoms with E-state index in [0.717, 1.165) is 6.42 Å². The van der Waals surface area contributed by atoms with E-state index in [1.165, 1.54) is 25.7 Å². The smallest absolute Gasteiger partial charge is 0.305 e. The molecule has 0 spiro atoms. The van der Waals surface area contributed by atoms with Crippen LogP contribution in [-0.2, 0) is 9.53 Å². The molecule has 0 radical (unpaired) electrons. The number of rotatable bonds is 8. The van der Waals surface area contributed by atoms with Crippen LogP contribution in [0.2, 0.25) is 0 Å². The summed E-state index contributed by atoms with van der Waals surface area (Å²) in [5.41, 5.74) is 0. The highest BCUT2D eigenvalue weighted by Gasteiger charge is 2.07. The molecule has 0 aliphatic heterocycles. The number of hydrogen-bond donors (Lipinski definition) is 0. The summed E-state index contributed by atoms with van der Waals surface area (Å²) in [6.07, 6.45) is 6.62. The summed E-state index contributed by atoms with van der Waals surface area (Å²) in [5.74, 6) is -0.0512. The van der Waals surface area contributed by atoms with Crippen LogP contribution < -0.4 is 0 Å². The van der Waals surface area contributed by atoms with E-state index >= 15 is 0 Å². The quantitative estimate of drug-likeness (QED) is 0.295. The Morgan fingerprint density at radius 2 is 2.00 bits per heavy atom. The maximum Gasteiger partial charge on any atom is 0.305 e. The summed E-state index contributed by atoms with van der Waals surface area (Å²) in [6, 6.07) is 0. The lowest BCUT2D eigenvalue weighted by Gasteiger charge is -2.08. The zero-order valence-electron chi connectivity index (χ0n) is 9.22. The second kappa shape index (κ2) is 9.74. The van der Waals surface area contributed by atoms with Crippen molar-refractivity contribution < 1.29 is 9.53 Å². The number of hydrogen-bond acceptors (Lipinski definition) is 2. The SMILES string of the molecule is CCCCCC(I)CCC(=O)OCC. The van der Waals surface area contributed by atoms with Gasteiger partial charge in [-0.3, -0.25) is 4.79 Å². The summed E-state index contributed by atoms with van der Waals surface area (Å²) in [6.45, 7) is 4.56. The zero-order chi connectivity index (χ0) is 10.8. The van der Waals surface area contributed by atoms with Gasteiger partial charge in [0.1, 0.15) is 0 Å². The van der Waals surface area contributed by atoms with Crippen molar-refractivity contribution in [2.24, 2.45) is 0 Å². The molecular formula is C11H21IO2. The first-order chi connectivity index (χ1) is 6.70. The lowest BCUT2D eigenvalue weighted by atomic mass is 10.1. The fraction of sp³-hybridized carbons (Fsp3) is 0.909. The number of esters is 1. The molecule has 0 saturated heterocycles. The molecule has 0 fully saturated rings. The lowest BCUT2D eigenvalue weighted by molar-refractivity contribution is -0.143. The van der Waals surface area contributed by atoms with E-state index in [1.54, 1.807) is 0 Å². The van der Waals surface area contributed by atoms with Crippen LogP contribution in [0.4, 0.5) is 0 Å². The number of alkyl halides is 1. The highest BCUT2D eigenvalue weighted by atomic mass is 127. The van der Waals surface area contributed by atoms with Crippen LogP contribution >= 0.6 is 22.6 Å². The Balaban J connectivity index is 3.33. The molecule has 1 unspecified atom stereocenters. The van der Waals surface area contributed by atoms with Gasteiger partial charge in [-0.15, -0.1) is 0 Å². The second-order valence-electron chi connectivity index (χ2n) is 3.44. The molecule has 0 saturated carbocycles.